The molecule has 0 radical (unpaired) electrons. The largest absolute Gasteiger partial charge is 0.504 e. The van der Waals surface area contributed by atoms with Crippen molar-refractivity contribution in [2.24, 2.45) is 0 Å². The van der Waals surface area contributed by atoms with Crippen LogP contribution in [0.4, 0.5) is 0 Å². The lowest BCUT2D eigenvalue weighted by Gasteiger charge is -2.59. The fraction of sp³-hybridized carbons (Fsp3) is 0.432. The Bertz CT molecular complexity index is 1860. The smallest absolute Gasteiger partial charge is 0.326 e. The van der Waals surface area contributed by atoms with Crippen molar-refractivity contribution in [1.82, 2.24) is 9.80 Å². The molecule has 1 saturated heterocycles. The molecule has 1 fully saturated rings. The van der Waals surface area contributed by atoms with Gasteiger partial charge in [-0.25, -0.2) is 0 Å². The van der Waals surface area contributed by atoms with E-state index in [1.807, 2.05) is 50.4 Å². The number of phenolic OH excluding ortho intramolecular Hbond substituents is 1. The molecular formula is C37H38ClN3O8. The van der Waals surface area contributed by atoms with Crippen LogP contribution in [0.2, 0.25) is 0 Å². The fourth-order valence-corrected chi connectivity index (χ4v) is 8.46. The van der Waals surface area contributed by atoms with E-state index in [1.165, 1.54) is 7.11 Å². The molecule has 1 unspecified atom stereocenters. The number of esters is 2. The van der Waals surface area contributed by atoms with E-state index >= 15 is 0 Å². The van der Waals surface area contributed by atoms with E-state index in [-0.39, 0.29) is 49.5 Å². The van der Waals surface area contributed by atoms with Gasteiger partial charge in [0.05, 0.1) is 25.3 Å². The maximum atomic E-state index is 13.3. The Labute approximate surface area is 289 Å². The second kappa shape index (κ2) is 13.1. The van der Waals surface area contributed by atoms with Crippen molar-refractivity contribution in [1.29, 1.82) is 5.26 Å². The van der Waals surface area contributed by atoms with E-state index in [9.17, 15) is 20.0 Å². The highest BCUT2D eigenvalue weighted by Gasteiger charge is 2.57. The first kappa shape index (κ1) is 33.0. The summed E-state index contributed by atoms with van der Waals surface area (Å²) in [5.41, 5.74) is 5.42. The minimum atomic E-state index is -0.668. The number of alkyl halides is 1. The lowest BCUT2D eigenvalue weighted by molar-refractivity contribution is -0.149. The number of piperazine rings is 1. The van der Waals surface area contributed by atoms with Gasteiger partial charge < -0.3 is 28.8 Å². The first-order chi connectivity index (χ1) is 23.7. The van der Waals surface area contributed by atoms with Gasteiger partial charge in [0, 0.05) is 40.8 Å². The molecule has 49 heavy (non-hydrogen) atoms. The number of benzene rings is 3. The Balaban J connectivity index is 1.37. The minimum absolute atomic E-state index is 0.0431. The first-order valence-corrected chi connectivity index (χ1v) is 16.9. The Morgan fingerprint density at radius 1 is 1.06 bits per heavy atom. The molecule has 4 heterocycles. The van der Waals surface area contributed by atoms with Crippen LogP contribution in [0.5, 0.6) is 28.7 Å². The first-order valence-electron chi connectivity index (χ1n) is 16.4. The summed E-state index contributed by atoms with van der Waals surface area (Å²) in [6.45, 7) is 3.56. The van der Waals surface area contributed by atoms with E-state index in [0.29, 0.717) is 59.0 Å². The summed E-state index contributed by atoms with van der Waals surface area (Å²) < 4.78 is 29.6. The van der Waals surface area contributed by atoms with Crippen LogP contribution < -0.4 is 18.9 Å². The van der Waals surface area contributed by atoms with Gasteiger partial charge in [0.15, 0.2) is 23.0 Å². The number of hydrogen-bond acceptors (Lipinski definition) is 11. The van der Waals surface area contributed by atoms with Crippen LogP contribution in [0, 0.1) is 25.2 Å². The second-order valence-corrected chi connectivity index (χ2v) is 13.3. The number of fused-ring (bicyclic) bond motifs is 9. The number of carbonyl (C=O) groups excluding carboxylic acids is 2. The molecule has 0 spiro atoms. The number of methoxy groups -OCH3 is 1. The van der Waals surface area contributed by atoms with E-state index in [1.54, 1.807) is 6.92 Å². The lowest BCUT2D eigenvalue weighted by atomic mass is 9.71. The summed E-state index contributed by atoms with van der Waals surface area (Å²) in [6, 6.07) is 12.0. The zero-order valence-electron chi connectivity index (χ0n) is 27.8. The summed E-state index contributed by atoms with van der Waals surface area (Å²) in [5, 5.41) is 22.6. The summed E-state index contributed by atoms with van der Waals surface area (Å²) >= 11 is 5.92. The predicted octanol–water partition coefficient (Wildman–Crippen LogP) is 4.84. The van der Waals surface area contributed by atoms with Gasteiger partial charge in [0.1, 0.15) is 24.3 Å². The van der Waals surface area contributed by atoms with Crippen molar-refractivity contribution in [3.8, 4) is 34.8 Å². The Morgan fingerprint density at radius 3 is 2.53 bits per heavy atom. The predicted molar refractivity (Wildman–Crippen MR) is 178 cm³/mol. The highest BCUT2D eigenvalue weighted by Crippen LogP contribution is 2.58. The van der Waals surface area contributed by atoms with E-state index < -0.39 is 24.1 Å². The van der Waals surface area contributed by atoms with E-state index in [0.717, 1.165) is 22.3 Å². The highest BCUT2D eigenvalue weighted by molar-refractivity contribution is 6.26. The monoisotopic (exact) mass is 687 g/mol. The quantitative estimate of drug-likeness (QED) is 0.198. The number of halogens is 1. The topological polar surface area (TPSA) is 131 Å². The molecule has 2 bridgehead atoms. The van der Waals surface area contributed by atoms with Gasteiger partial charge in [-0.1, -0.05) is 36.4 Å². The summed E-state index contributed by atoms with van der Waals surface area (Å²) in [7, 11) is 3.50. The highest BCUT2D eigenvalue weighted by atomic mass is 35.5. The van der Waals surface area contributed by atoms with Crippen LogP contribution >= 0.6 is 11.6 Å². The summed E-state index contributed by atoms with van der Waals surface area (Å²) in [4.78, 5) is 30.3. The van der Waals surface area contributed by atoms with Gasteiger partial charge in [-0.05, 0) is 56.8 Å². The Kier molecular flexibility index (Phi) is 8.82. The van der Waals surface area contributed by atoms with Gasteiger partial charge in [0.2, 0.25) is 6.79 Å². The zero-order valence-corrected chi connectivity index (χ0v) is 28.6. The Hall–Kier alpha value is -4.50. The number of aryl methyl sites for hydroxylation is 2. The number of carbonyl (C=O) groups is 2. The number of hydrogen-bond donors (Lipinski definition) is 1. The number of likely N-dealkylation sites (N-methyl/N-ethyl adjacent to an activating group) is 1. The maximum absolute atomic E-state index is 13.3. The molecule has 4 aliphatic rings. The van der Waals surface area contributed by atoms with E-state index in [4.69, 9.17) is 35.3 Å². The van der Waals surface area contributed by atoms with Crippen LogP contribution in [0.3, 0.4) is 0 Å². The fourth-order valence-electron chi connectivity index (χ4n) is 8.41. The van der Waals surface area contributed by atoms with Gasteiger partial charge in [-0.2, -0.15) is 5.26 Å². The number of ether oxygens (including phenoxy) is 5. The molecule has 1 N–H and O–H groups in total. The SMILES string of the molecule is COc1c(C)cc2c(c1O)[C@@H]1C3Cc4c(OC(=O)CCl)c(C)c5c(c4[C@H](COC(=O)CCc4ccccc4)N3[C@@H](C#N)[C@H](C2)N1C)OCO5. The van der Waals surface area contributed by atoms with Crippen LogP contribution in [-0.4, -0.2) is 78.4 Å². The lowest BCUT2D eigenvalue weighted by Crippen LogP contribution is -2.68. The number of nitrogens with zero attached hydrogens (tertiary/aromatic N) is 3. The van der Waals surface area contributed by atoms with Crippen molar-refractivity contribution < 1.29 is 38.4 Å². The average molecular weight is 688 g/mol. The number of aromatic hydroxyl groups is 1. The van der Waals surface area contributed by atoms with Crippen LogP contribution in [-0.2, 0) is 33.6 Å². The molecule has 12 heteroatoms. The molecule has 4 aliphatic heterocycles. The molecule has 256 valence electrons. The number of phenols is 1. The summed E-state index contributed by atoms with van der Waals surface area (Å²) in [5.74, 6) is 0.310. The Morgan fingerprint density at radius 2 is 1.82 bits per heavy atom. The molecule has 0 saturated carbocycles. The minimum Gasteiger partial charge on any atom is -0.504 e. The molecule has 0 aromatic heterocycles. The van der Waals surface area contributed by atoms with Crippen molar-refractivity contribution >= 4 is 23.5 Å². The van der Waals surface area contributed by atoms with Gasteiger partial charge in [-0.15, -0.1) is 11.6 Å². The molecule has 7 rings (SSSR count). The maximum Gasteiger partial charge on any atom is 0.326 e. The van der Waals surface area contributed by atoms with Crippen molar-refractivity contribution in [3.05, 3.63) is 75.3 Å². The van der Waals surface area contributed by atoms with Crippen LogP contribution in [0.25, 0.3) is 0 Å². The second-order valence-electron chi connectivity index (χ2n) is 13.0. The van der Waals surface area contributed by atoms with Crippen molar-refractivity contribution in [2.75, 3.05) is 33.4 Å². The van der Waals surface area contributed by atoms with E-state index in [2.05, 4.69) is 15.9 Å². The molecular weight excluding hydrogens is 650 g/mol. The third kappa shape index (κ3) is 5.43. The number of rotatable bonds is 8. The third-order valence-electron chi connectivity index (χ3n) is 10.5. The molecule has 3 aromatic carbocycles. The van der Waals surface area contributed by atoms with Crippen LogP contribution in [0.1, 0.15) is 57.4 Å². The zero-order chi connectivity index (χ0) is 34.6. The van der Waals surface area contributed by atoms with Gasteiger partial charge in [0.25, 0.3) is 0 Å². The molecule has 5 atom stereocenters. The van der Waals surface area contributed by atoms with Gasteiger partial charge in [-0.3, -0.25) is 19.4 Å². The van der Waals surface area contributed by atoms with Gasteiger partial charge >= 0.3 is 11.9 Å². The normalized spacial score (nSPS) is 23.5. The standard InChI is InChI=1S/C37H38ClN3O8/c1-19-12-22-13-24-26(16-39)41-25(32(40(24)3)30(22)33(44)34(19)45-4)14-23-31(27(41)17-46-28(42)11-10-21-8-6-5-7-9-21)37-36(47-18-48-37)20(2)35(23)49-29(43)15-38/h5-9,12,24-27,32,44H,10-11,13-15,17-18H2,1-4H3/t24-,25?,26-,27-,32-/m0/s1. The average Bonchev–Trinajstić information content (AvgIpc) is 3.59. The van der Waals surface area contributed by atoms with Crippen LogP contribution in [0.15, 0.2) is 36.4 Å². The number of nitriles is 1. The third-order valence-corrected chi connectivity index (χ3v) is 10.7. The van der Waals surface area contributed by atoms with Crippen molar-refractivity contribution in [2.45, 2.75) is 69.7 Å². The molecule has 0 amide bonds. The van der Waals surface area contributed by atoms with Crippen molar-refractivity contribution in [3.63, 3.8) is 0 Å². The molecule has 11 nitrogen and oxygen atoms in total. The summed E-state index contributed by atoms with van der Waals surface area (Å²) in [6.07, 6.45) is 1.53. The molecule has 0 aliphatic carbocycles. The molecule has 3 aromatic rings.